The van der Waals surface area contributed by atoms with Crippen LogP contribution < -0.4 is 14.5 Å². The molecule has 0 aliphatic carbocycles. The third-order valence-electron chi connectivity index (χ3n) is 5.98. The number of pyridine rings is 2. The fourth-order valence-electron chi connectivity index (χ4n) is 4.15. The predicted molar refractivity (Wildman–Crippen MR) is 156 cm³/mol. The molecule has 14 heteroatoms. The van der Waals surface area contributed by atoms with Crippen LogP contribution in [0.2, 0.25) is 0 Å². The van der Waals surface area contributed by atoms with Gasteiger partial charge >= 0.3 is 5.97 Å². The minimum Gasteiger partial charge on any atom is -0.478 e. The second-order valence-corrected chi connectivity index (χ2v) is 9.97. The van der Waals surface area contributed by atoms with Crippen molar-refractivity contribution in [3.63, 3.8) is 0 Å². The largest absolute Gasteiger partial charge is 0.478 e. The number of hydrogen-bond acceptors (Lipinski definition) is 7. The fraction of sp³-hybridized carbons (Fsp3) is 0.160. The van der Waals surface area contributed by atoms with Crippen LogP contribution in [0.5, 0.6) is 0 Å². The van der Waals surface area contributed by atoms with E-state index in [4.69, 9.17) is 0 Å². The van der Waals surface area contributed by atoms with E-state index in [-0.39, 0.29) is 53.4 Å². The van der Waals surface area contributed by atoms with Gasteiger partial charge in [0.1, 0.15) is 17.5 Å². The third-order valence-corrected chi connectivity index (χ3v) is 7.38. The van der Waals surface area contributed by atoms with Gasteiger partial charge in [-0.2, -0.15) is 0 Å². The van der Waals surface area contributed by atoms with Gasteiger partial charge in [0, 0.05) is 43.4 Å². The zero-order valence-electron chi connectivity index (χ0n) is 20.2. The van der Waals surface area contributed by atoms with Crippen molar-refractivity contribution in [1.29, 1.82) is 0 Å². The van der Waals surface area contributed by atoms with Crippen molar-refractivity contribution in [2.75, 3.05) is 40.7 Å². The summed E-state index contributed by atoms with van der Waals surface area (Å²) in [5.74, 6) is -0.259. The summed E-state index contributed by atoms with van der Waals surface area (Å²) in [6.45, 7) is 2.71. The molecule has 3 heterocycles. The van der Waals surface area contributed by atoms with Gasteiger partial charge in [-0.15, -0.1) is 37.2 Å². The molecular weight excluding hydrogens is 592 g/mol. The van der Waals surface area contributed by atoms with Gasteiger partial charge < -0.3 is 14.9 Å². The molecule has 0 unspecified atom stereocenters. The molecule has 5 rings (SSSR count). The van der Waals surface area contributed by atoms with Gasteiger partial charge in [0.2, 0.25) is 0 Å². The highest BCUT2D eigenvalue weighted by molar-refractivity contribution is 7.92. The van der Waals surface area contributed by atoms with Crippen LogP contribution in [0.1, 0.15) is 10.4 Å². The van der Waals surface area contributed by atoms with Gasteiger partial charge in [-0.1, -0.05) is 6.07 Å². The number of rotatable bonds is 6. The lowest BCUT2D eigenvalue weighted by atomic mass is 10.1. The number of piperazine rings is 1. The van der Waals surface area contributed by atoms with Crippen molar-refractivity contribution in [3.8, 4) is 0 Å². The van der Waals surface area contributed by atoms with Crippen LogP contribution in [0.3, 0.4) is 0 Å². The summed E-state index contributed by atoms with van der Waals surface area (Å²) < 4.78 is 40.9. The molecule has 0 bridgehead atoms. The Morgan fingerprint density at radius 3 is 2.10 bits per heavy atom. The summed E-state index contributed by atoms with van der Waals surface area (Å²) in [4.78, 5) is 25.2. The van der Waals surface area contributed by atoms with Crippen molar-refractivity contribution >= 4 is 81.4 Å². The van der Waals surface area contributed by atoms with E-state index in [1.54, 1.807) is 12.3 Å². The minimum absolute atomic E-state index is 0. The summed E-state index contributed by atoms with van der Waals surface area (Å²) >= 11 is 0. The summed E-state index contributed by atoms with van der Waals surface area (Å²) in [7, 11) is -3.99. The van der Waals surface area contributed by atoms with E-state index in [2.05, 4.69) is 19.6 Å². The second-order valence-electron chi connectivity index (χ2n) is 8.29. The van der Waals surface area contributed by atoms with Crippen LogP contribution in [0.25, 0.3) is 10.9 Å². The molecule has 1 aliphatic heterocycles. The van der Waals surface area contributed by atoms with Crippen molar-refractivity contribution in [3.05, 3.63) is 84.3 Å². The van der Waals surface area contributed by atoms with Gasteiger partial charge in [-0.05, 0) is 60.7 Å². The quantitative estimate of drug-likeness (QED) is 0.316. The molecule has 9 nitrogen and oxygen atoms in total. The van der Waals surface area contributed by atoms with E-state index in [1.807, 2.05) is 23.1 Å². The molecule has 2 N–H and O–H groups in total. The number of benzene rings is 2. The van der Waals surface area contributed by atoms with E-state index < -0.39 is 21.8 Å². The van der Waals surface area contributed by atoms with E-state index in [1.165, 1.54) is 18.2 Å². The van der Waals surface area contributed by atoms with Crippen molar-refractivity contribution in [1.82, 2.24) is 9.97 Å². The van der Waals surface area contributed by atoms with Gasteiger partial charge in [0.25, 0.3) is 10.0 Å². The number of halogens is 4. The Bertz CT molecular complexity index is 1540. The van der Waals surface area contributed by atoms with Gasteiger partial charge in [-0.3, -0.25) is 4.72 Å². The number of anilines is 3. The zero-order valence-corrected chi connectivity index (χ0v) is 23.5. The Hall–Kier alpha value is -3.38. The Morgan fingerprint density at radius 2 is 1.51 bits per heavy atom. The number of carbonyl (C=O) groups is 1. The fourth-order valence-corrected chi connectivity index (χ4v) is 5.20. The van der Waals surface area contributed by atoms with Crippen LogP contribution in [-0.4, -0.2) is 55.6 Å². The number of sulfonamides is 1. The van der Waals surface area contributed by atoms with E-state index in [0.29, 0.717) is 42.9 Å². The summed E-state index contributed by atoms with van der Waals surface area (Å²) in [6.07, 6.45) is 1.75. The molecule has 39 heavy (non-hydrogen) atoms. The van der Waals surface area contributed by atoms with Crippen LogP contribution in [0.15, 0.2) is 77.8 Å². The van der Waals surface area contributed by atoms with Crippen LogP contribution in [-0.2, 0) is 10.0 Å². The molecule has 4 aromatic rings. The molecule has 0 atom stereocenters. The summed E-state index contributed by atoms with van der Waals surface area (Å²) in [5.41, 5.74) is 0.625. The maximum atomic E-state index is 13.2. The number of fused-ring (bicyclic) bond motifs is 1. The lowest BCUT2D eigenvalue weighted by Gasteiger charge is -2.36. The molecule has 2 aromatic carbocycles. The number of carboxylic acid groups (broad SMARTS) is 1. The molecular formula is C25H25Cl3FN5O4S. The topological polar surface area (TPSA) is 116 Å². The van der Waals surface area contributed by atoms with E-state index in [0.717, 1.165) is 30.1 Å². The Kier molecular flexibility index (Phi) is 10.7. The maximum absolute atomic E-state index is 13.2. The Labute approximate surface area is 243 Å². The van der Waals surface area contributed by atoms with Crippen molar-refractivity contribution in [2.24, 2.45) is 0 Å². The molecule has 0 saturated carbocycles. The van der Waals surface area contributed by atoms with Crippen LogP contribution in [0, 0.1) is 5.82 Å². The highest BCUT2D eigenvalue weighted by atomic mass is 35.5. The first-order chi connectivity index (χ1) is 17.3. The number of nitrogens with one attached hydrogen (secondary N) is 1. The third kappa shape index (κ3) is 6.99. The number of aromatic carboxylic acids is 1. The molecule has 208 valence electrons. The highest BCUT2D eigenvalue weighted by Crippen LogP contribution is 2.28. The van der Waals surface area contributed by atoms with E-state index >= 15 is 0 Å². The first-order valence-electron chi connectivity index (χ1n) is 11.2. The molecule has 0 radical (unpaired) electrons. The molecule has 1 aliphatic rings. The summed E-state index contributed by atoms with van der Waals surface area (Å²) in [6, 6.07) is 16.2. The average molecular weight is 617 g/mol. The van der Waals surface area contributed by atoms with Crippen LogP contribution in [0.4, 0.5) is 21.7 Å². The second kappa shape index (κ2) is 13.1. The first-order valence-corrected chi connectivity index (χ1v) is 12.7. The van der Waals surface area contributed by atoms with Crippen LogP contribution >= 0.6 is 37.2 Å². The Balaban J connectivity index is 0.00000178. The Morgan fingerprint density at radius 1 is 0.872 bits per heavy atom. The number of nitrogens with zero attached hydrogens (tertiary/aromatic N) is 4. The minimum atomic E-state index is -3.99. The standard InChI is InChI=1S/C25H22FN5O4S.3ClH/c26-17-4-7-19(8-5-17)36(34,35)29-18-6-9-22-20(15-18)21(25(32)33)16-24(28-22)31-13-11-30(12-14-31)23-3-1-2-10-27-23;;;/h1-10,15-16,29H,11-14H2,(H,32,33);3*1H. The zero-order chi connectivity index (χ0) is 25.3. The predicted octanol–water partition coefficient (Wildman–Crippen LogP) is 4.86. The highest BCUT2D eigenvalue weighted by Gasteiger charge is 2.22. The SMILES string of the molecule is Cl.Cl.Cl.O=C(O)c1cc(N2CCN(c3ccccn3)CC2)nc2ccc(NS(=O)(=O)c3ccc(F)cc3)cc12. The van der Waals surface area contributed by atoms with Gasteiger partial charge in [-0.25, -0.2) is 27.6 Å². The summed E-state index contributed by atoms with van der Waals surface area (Å²) in [5, 5.41) is 10.2. The lowest BCUT2D eigenvalue weighted by molar-refractivity contribution is 0.0699. The van der Waals surface area contributed by atoms with Gasteiger partial charge in [0.15, 0.2) is 0 Å². The first kappa shape index (κ1) is 31.8. The molecule has 1 saturated heterocycles. The number of aromatic nitrogens is 2. The number of hydrogen-bond donors (Lipinski definition) is 2. The monoisotopic (exact) mass is 615 g/mol. The normalized spacial score (nSPS) is 13.1. The van der Waals surface area contributed by atoms with E-state index in [9.17, 15) is 22.7 Å². The van der Waals surface area contributed by atoms with Crippen molar-refractivity contribution in [2.45, 2.75) is 4.90 Å². The van der Waals surface area contributed by atoms with Crippen molar-refractivity contribution < 1.29 is 22.7 Å². The number of carboxylic acids is 1. The smallest absolute Gasteiger partial charge is 0.336 e. The molecule has 2 aromatic heterocycles. The molecule has 1 fully saturated rings. The van der Waals surface area contributed by atoms with Gasteiger partial charge in [0.05, 0.1) is 16.0 Å². The molecule has 0 spiro atoms. The lowest BCUT2D eigenvalue weighted by Crippen LogP contribution is -2.47. The average Bonchev–Trinajstić information content (AvgIpc) is 2.88. The maximum Gasteiger partial charge on any atom is 0.336 e. The molecule has 0 amide bonds.